The van der Waals surface area contributed by atoms with Crippen molar-refractivity contribution in [1.82, 2.24) is 4.98 Å². The summed E-state index contributed by atoms with van der Waals surface area (Å²) in [6.07, 6.45) is 0. The summed E-state index contributed by atoms with van der Waals surface area (Å²) in [6.45, 7) is 2.33. The Hall–Kier alpha value is -2.23. The Morgan fingerprint density at radius 2 is 2.06 bits per heavy atom. The van der Waals surface area contributed by atoms with E-state index in [9.17, 15) is 0 Å². The Bertz CT molecular complexity index is 541. The van der Waals surface area contributed by atoms with Gasteiger partial charge in [0, 0.05) is 5.69 Å². The van der Waals surface area contributed by atoms with E-state index in [-0.39, 0.29) is 0 Å². The SMILES string of the molecule is COc1cccc(COc2ccc(C)nc2N)c1. The van der Waals surface area contributed by atoms with Crippen molar-refractivity contribution in [2.75, 3.05) is 12.8 Å². The zero-order valence-corrected chi connectivity index (χ0v) is 10.5. The van der Waals surface area contributed by atoms with Gasteiger partial charge in [-0.2, -0.15) is 0 Å². The molecule has 2 aromatic rings. The number of nitrogens with zero attached hydrogens (tertiary/aromatic N) is 1. The van der Waals surface area contributed by atoms with Gasteiger partial charge in [-0.1, -0.05) is 12.1 Å². The van der Waals surface area contributed by atoms with Gasteiger partial charge in [0.25, 0.3) is 0 Å². The third-order valence-corrected chi connectivity index (χ3v) is 2.55. The molecule has 0 spiro atoms. The highest BCUT2D eigenvalue weighted by atomic mass is 16.5. The van der Waals surface area contributed by atoms with Gasteiger partial charge in [-0.15, -0.1) is 0 Å². The summed E-state index contributed by atoms with van der Waals surface area (Å²) >= 11 is 0. The van der Waals surface area contributed by atoms with Crippen LogP contribution < -0.4 is 15.2 Å². The zero-order chi connectivity index (χ0) is 13.0. The van der Waals surface area contributed by atoms with Crippen molar-refractivity contribution in [3.05, 3.63) is 47.7 Å². The quantitative estimate of drug-likeness (QED) is 0.898. The molecule has 0 unspecified atom stereocenters. The van der Waals surface area contributed by atoms with Crippen molar-refractivity contribution in [2.45, 2.75) is 13.5 Å². The van der Waals surface area contributed by atoms with Crippen molar-refractivity contribution >= 4 is 5.82 Å². The van der Waals surface area contributed by atoms with E-state index in [4.69, 9.17) is 15.2 Å². The van der Waals surface area contributed by atoms with E-state index in [1.165, 1.54) is 0 Å². The van der Waals surface area contributed by atoms with Gasteiger partial charge in [0.15, 0.2) is 11.6 Å². The molecule has 0 aliphatic rings. The molecule has 4 heteroatoms. The van der Waals surface area contributed by atoms with Gasteiger partial charge in [0.2, 0.25) is 0 Å². The van der Waals surface area contributed by atoms with Gasteiger partial charge in [0.05, 0.1) is 7.11 Å². The lowest BCUT2D eigenvalue weighted by Gasteiger charge is -2.09. The largest absolute Gasteiger partial charge is 0.497 e. The molecule has 94 valence electrons. The number of pyridine rings is 1. The predicted molar refractivity (Wildman–Crippen MR) is 70.7 cm³/mol. The van der Waals surface area contributed by atoms with Crippen LogP contribution in [-0.2, 0) is 6.61 Å². The maximum atomic E-state index is 5.78. The Balaban J connectivity index is 2.06. The molecule has 0 saturated heterocycles. The monoisotopic (exact) mass is 244 g/mol. The van der Waals surface area contributed by atoms with Gasteiger partial charge < -0.3 is 15.2 Å². The number of aromatic nitrogens is 1. The molecule has 0 aliphatic heterocycles. The normalized spacial score (nSPS) is 10.1. The van der Waals surface area contributed by atoms with Crippen molar-refractivity contribution in [3.8, 4) is 11.5 Å². The Morgan fingerprint density at radius 1 is 1.22 bits per heavy atom. The molecule has 2 rings (SSSR count). The van der Waals surface area contributed by atoms with Crippen LogP contribution in [0.25, 0.3) is 0 Å². The second-order valence-corrected chi connectivity index (χ2v) is 3.98. The number of benzene rings is 1. The Labute approximate surface area is 106 Å². The molecule has 1 aromatic carbocycles. The summed E-state index contributed by atoms with van der Waals surface area (Å²) < 4.78 is 10.8. The van der Waals surface area contributed by atoms with Crippen LogP contribution in [-0.4, -0.2) is 12.1 Å². The number of rotatable bonds is 4. The van der Waals surface area contributed by atoms with Gasteiger partial charge in [-0.25, -0.2) is 4.98 Å². The summed E-state index contributed by atoms with van der Waals surface area (Å²) in [5.41, 5.74) is 7.68. The number of methoxy groups -OCH3 is 1. The third kappa shape index (κ3) is 2.91. The number of anilines is 1. The minimum Gasteiger partial charge on any atom is -0.497 e. The number of nitrogen functional groups attached to an aromatic ring is 1. The van der Waals surface area contributed by atoms with E-state index in [0.717, 1.165) is 17.0 Å². The molecule has 0 bridgehead atoms. The van der Waals surface area contributed by atoms with Gasteiger partial charge in [0.1, 0.15) is 12.4 Å². The first-order valence-corrected chi connectivity index (χ1v) is 5.68. The average Bonchev–Trinajstić information content (AvgIpc) is 2.38. The first-order chi connectivity index (χ1) is 8.69. The van der Waals surface area contributed by atoms with Crippen LogP contribution in [0, 0.1) is 6.92 Å². The molecule has 0 atom stereocenters. The lowest BCUT2D eigenvalue weighted by molar-refractivity contribution is 0.306. The van der Waals surface area contributed by atoms with Crippen molar-refractivity contribution < 1.29 is 9.47 Å². The van der Waals surface area contributed by atoms with Crippen LogP contribution in [0.5, 0.6) is 11.5 Å². The number of aryl methyl sites for hydroxylation is 1. The molecular weight excluding hydrogens is 228 g/mol. The lowest BCUT2D eigenvalue weighted by Crippen LogP contribution is -2.01. The summed E-state index contributed by atoms with van der Waals surface area (Å²) in [4.78, 5) is 4.15. The fourth-order valence-corrected chi connectivity index (χ4v) is 1.61. The van der Waals surface area contributed by atoms with Crippen LogP contribution in [0.1, 0.15) is 11.3 Å². The van der Waals surface area contributed by atoms with Crippen LogP contribution in [0.15, 0.2) is 36.4 Å². The lowest BCUT2D eigenvalue weighted by atomic mass is 10.2. The first kappa shape index (κ1) is 12.2. The smallest absolute Gasteiger partial charge is 0.166 e. The summed E-state index contributed by atoms with van der Waals surface area (Å²) in [7, 11) is 1.64. The molecule has 1 aromatic heterocycles. The van der Waals surface area contributed by atoms with Gasteiger partial charge in [-0.3, -0.25) is 0 Å². The molecule has 0 aliphatic carbocycles. The standard InChI is InChI=1S/C14H16N2O2/c1-10-6-7-13(14(15)16-10)18-9-11-4-3-5-12(8-11)17-2/h3-8H,9H2,1-2H3,(H2,15,16). The van der Waals surface area contributed by atoms with Gasteiger partial charge >= 0.3 is 0 Å². The summed E-state index contributed by atoms with van der Waals surface area (Å²) in [6, 6.07) is 11.4. The highest BCUT2D eigenvalue weighted by Crippen LogP contribution is 2.21. The number of hydrogen-bond acceptors (Lipinski definition) is 4. The predicted octanol–water partition coefficient (Wildman–Crippen LogP) is 2.56. The average molecular weight is 244 g/mol. The van der Waals surface area contributed by atoms with Crippen LogP contribution in [0.2, 0.25) is 0 Å². The van der Waals surface area contributed by atoms with E-state index in [2.05, 4.69) is 4.98 Å². The first-order valence-electron chi connectivity index (χ1n) is 5.68. The molecule has 0 amide bonds. The van der Waals surface area contributed by atoms with E-state index >= 15 is 0 Å². The van der Waals surface area contributed by atoms with E-state index in [1.807, 2.05) is 43.3 Å². The zero-order valence-electron chi connectivity index (χ0n) is 10.5. The number of hydrogen-bond donors (Lipinski definition) is 1. The van der Waals surface area contributed by atoms with Crippen LogP contribution in [0.4, 0.5) is 5.82 Å². The second-order valence-electron chi connectivity index (χ2n) is 3.98. The molecular formula is C14H16N2O2. The fraction of sp³-hybridized carbons (Fsp3) is 0.214. The maximum absolute atomic E-state index is 5.78. The van der Waals surface area contributed by atoms with E-state index in [1.54, 1.807) is 7.11 Å². The molecule has 1 heterocycles. The summed E-state index contributed by atoms with van der Waals surface area (Å²) in [5.74, 6) is 1.83. The molecule has 4 nitrogen and oxygen atoms in total. The van der Waals surface area contributed by atoms with Crippen LogP contribution >= 0.6 is 0 Å². The van der Waals surface area contributed by atoms with Gasteiger partial charge in [-0.05, 0) is 36.8 Å². The van der Waals surface area contributed by atoms with E-state index < -0.39 is 0 Å². The topological polar surface area (TPSA) is 57.4 Å². The van der Waals surface area contributed by atoms with Crippen molar-refractivity contribution in [3.63, 3.8) is 0 Å². The minimum absolute atomic E-state index is 0.415. The number of ether oxygens (including phenoxy) is 2. The molecule has 0 radical (unpaired) electrons. The highest BCUT2D eigenvalue weighted by molar-refractivity contribution is 5.46. The maximum Gasteiger partial charge on any atom is 0.166 e. The van der Waals surface area contributed by atoms with Crippen molar-refractivity contribution in [1.29, 1.82) is 0 Å². The highest BCUT2D eigenvalue weighted by Gasteiger charge is 2.03. The Morgan fingerprint density at radius 3 is 2.78 bits per heavy atom. The minimum atomic E-state index is 0.415. The number of nitrogens with two attached hydrogens (primary N) is 1. The molecule has 0 saturated carbocycles. The third-order valence-electron chi connectivity index (χ3n) is 2.55. The molecule has 2 N–H and O–H groups in total. The van der Waals surface area contributed by atoms with Crippen LogP contribution in [0.3, 0.4) is 0 Å². The van der Waals surface area contributed by atoms with E-state index in [0.29, 0.717) is 18.2 Å². The van der Waals surface area contributed by atoms with Crippen molar-refractivity contribution in [2.24, 2.45) is 0 Å². The Kier molecular flexibility index (Phi) is 3.67. The molecule has 18 heavy (non-hydrogen) atoms. The fourth-order valence-electron chi connectivity index (χ4n) is 1.61. The second kappa shape index (κ2) is 5.40. The summed E-state index contributed by atoms with van der Waals surface area (Å²) in [5, 5.41) is 0. The molecule has 0 fully saturated rings.